The molecule has 8 heteroatoms. The number of rotatable bonds is 4. The minimum absolute atomic E-state index is 0.297. The smallest absolute Gasteiger partial charge is 0.409 e. The lowest BCUT2D eigenvalue weighted by Gasteiger charge is -2.15. The Kier molecular flexibility index (Phi) is 4.58. The molecule has 0 saturated heterocycles. The topological polar surface area (TPSA) is 107 Å². The van der Waals surface area contributed by atoms with Crippen LogP contribution in [0, 0.1) is 0 Å². The Morgan fingerprint density at radius 2 is 2.00 bits per heavy atom. The first kappa shape index (κ1) is 16.8. The molecule has 1 aromatic heterocycles. The summed E-state index contributed by atoms with van der Waals surface area (Å²) in [5.41, 5.74) is 2.30. The van der Waals surface area contributed by atoms with Gasteiger partial charge in [0.2, 0.25) is 0 Å². The molecule has 0 spiro atoms. The van der Waals surface area contributed by atoms with Crippen LogP contribution in [-0.4, -0.2) is 21.2 Å². The van der Waals surface area contributed by atoms with Gasteiger partial charge in [0.25, 0.3) is 5.56 Å². The number of benzene rings is 2. The predicted octanol–water partition coefficient (Wildman–Crippen LogP) is 3.84. The van der Waals surface area contributed by atoms with E-state index < -0.39 is 12.1 Å². The Morgan fingerprint density at radius 3 is 2.76 bits per heavy atom. The third-order valence-corrected chi connectivity index (χ3v) is 3.82. The third-order valence-electron chi connectivity index (χ3n) is 3.59. The standard InChI is InChI=1S/C17H15ClN4O3/c1-9(19-11-3-2-4-12(8-11)20-17(24)25)15-16(23)22-13-6-5-10(18)7-14(13)21-15/h2-9,19-20H,1H3,(H,22,23)(H,24,25). The van der Waals surface area contributed by atoms with Gasteiger partial charge < -0.3 is 15.4 Å². The number of carboxylic acid groups (broad SMARTS) is 1. The van der Waals surface area contributed by atoms with E-state index in [1.54, 1.807) is 49.4 Å². The molecule has 128 valence electrons. The lowest BCUT2D eigenvalue weighted by molar-refractivity contribution is 0.210. The number of anilines is 2. The Hall–Kier alpha value is -3.06. The van der Waals surface area contributed by atoms with E-state index in [1.807, 2.05) is 0 Å². The maximum absolute atomic E-state index is 12.3. The van der Waals surface area contributed by atoms with E-state index in [0.717, 1.165) is 0 Å². The molecule has 0 bridgehead atoms. The number of fused-ring (bicyclic) bond motifs is 1. The highest BCUT2D eigenvalue weighted by molar-refractivity contribution is 6.31. The van der Waals surface area contributed by atoms with E-state index >= 15 is 0 Å². The predicted molar refractivity (Wildman–Crippen MR) is 97.5 cm³/mol. The van der Waals surface area contributed by atoms with Gasteiger partial charge >= 0.3 is 6.09 Å². The van der Waals surface area contributed by atoms with Gasteiger partial charge in [-0.2, -0.15) is 0 Å². The SMILES string of the molecule is CC(Nc1cccc(NC(=O)O)c1)c1nc2cc(Cl)ccc2[nH]c1=O. The fraction of sp³-hybridized carbons (Fsp3) is 0.118. The van der Waals surface area contributed by atoms with E-state index in [0.29, 0.717) is 33.1 Å². The van der Waals surface area contributed by atoms with E-state index in [1.165, 1.54) is 0 Å². The van der Waals surface area contributed by atoms with Crippen LogP contribution in [0.2, 0.25) is 5.02 Å². The average molecular weight is 359 g/mol. The molecule has 0 aliphatic heterocycles. The van der Waals surface area contributed by atoms with Crippen LogP contribution in [0.4, 0.5) is 16.2 Å². The van der Waals surface area contributed by atoms with Crippen molar-refractivity contribution in [3.05, 3.63) is 63.5 Å². The molecule has 3 aromatic rings. The summed E-state index contributed by atoms with van der Waals surface area (Å²) in [6.07, 6.45) is -1.14. The molecular formula is C17H15ClN4O3. The van der Waals surface area contributed by atoms with Crippen molar-refractivity contribution in [1.82, 2.24) is 9.97 Å². The number of hydrogen-bond acceptors (Lipinski definition) is 4. The number of nitrogens with one attached hydrogen (secondary N) is 3. The van der Waals surface area contributed by atoms with Crippen molar-refractivity contribution in [1.29, 1.82) is 0 Å². The first-order valence-electron chi connectivity index (χ1n) is 7.48. The summed E-state index contributed by atoms with van der Waals surface area (Å²) in [5.74, 6) is 0. The Bertz CT molecular complexity index is 1000. The highest BCUT2D eigenvalue weighted by atomic mass is 35.5. The number of H-pyrrole nitrogens is 1. The number of nitrogens with zero attached hydrogens (tertiary/aromatic N) is 1. The Labute approximate surface area is 147 Å². The number of carbonyl (C=O) groups is 1. The Balaban J connectivity index is 1.89. The number of aromatic nitrogens is 2. The Morgan fingerprint density at radius 1 is 1.24 bits per heavy atom. The summed E-state index contributed by atoms with van der Waals surface area (Å²) in [5, 5.41) is 14.7. The molecule has 2 aromatic carbocycles. The number of halogens is 1. The molecule has 25 heavy (non-hydrogen) atoms. The van der Waals surface area contributed by atoms with Crippen molar-refractivity contribution >= 4 is 40.1 Å². The van der Waals surface area contributed by atoms with E-state index in [-0.39, 0.29) is 5.56 Å². The van der Waals surface area contributed by atoms with Crippen LogP contribution in [0.5, 0.6) is 0 Å². The van der Waals surface area contributed by atoms with Crippen molar-refractivity contribution in [2.45, 2.75) is 13.0 Å². The molecule has 1 amide bonds. The molecule has 0 saturated carbocycles. The summed E-state index contributed by atoms with van der Waals surface area (Å²) >= 11 is 5.98. The zero-order valence-electron chi connectivity index (χ0n) is 13.2. The van der Waals surface area contributed by atoms with Gasteiger partial charge in [0, 0.05) is 16.4 Å². The van der Waals surface area contributed by atoms with Crippen molar-refractivity contribution in [3.8, 4) is 0 Å². The second-order valence-electron chi connectivity index (χ2n) is 5.49. The number of hydrogen-bond donors (Lipinski definition) is 4. The van der Waals surface area contributed by atoms with Gasteiger partial charge in [-0.3, -0.25) is 10.1 Å². The van der Waals surface area contributed by atoms with Crippen molar-refractivity contribution in [2.24, 2.45) is 0 Å². The molecule has 0 aliphatic rings. The molecule has 1 unspecified atom stereocenters. The first-order chi connectivity index (χ1) is 11.9. The minimum Gasteiger partial charge on any atom is -0.465 e. The summed E-state index contributed by atoms with van der Waals surface area (Å²) < 4.78 is 0. The quantitative estimate of drug-likeness (QED) is 0.566. The zero-order valence-corrected chi connectivity index (χ0v) is 14.0. The average Bonchev–Trinajstić information content (AvgIpc) is 2.54. The van der Waals surface area contributed by atoms with Crippen LogP contribution in [0.15, 0.2) is 47.3 Å². The van der Waals surface area contributed by atoms with Crippen LogP contribution in [0.1, 0.15) is 18.7 Å². The molecule has 0 radical (unpaired) electrons. The number of amides is 1. The van der Waals surface area contributed by atoms with Gasteiger partial charge in [0.05, 0.1) is 17.1 Å². The highest BCUT2D eigenvalue weighted by Gasteiger charge is 2.13. The van der Waals surface area contributed by atoms with Crippen molar-refractivity contribution < 1.29 is 9.90 Å². The van der Waals surface area contributed by atoms with Crippen LogP contribution in [0.3, 0.4) is 0 Å². The molecule has 3 rings (SSSR count). The van der Waals surface area contributed by atoms with Gasteiger partial charge in [-0.05, 0) is 43.3 Å². The largest absolute Gasteiger partial charge is 0.465 e. The zero-order chi connectivity index (χ0) is 18.0. The fourth-order valence-electron chi connectivity index (χ4n) is 2.49. The van der Waals surface area contributed by atoms with Crippen LogP contribution >= 0.6 is 11.6 Å². The lowest BCUT2D eigenvalue weighted by atomic mass is 10.2. The summed E-state index contributed by atoms with van der Waals surface area (Å²) in [7, 11) is 0. The maximum atomic E-state index is 12.3. The van der Waals surface area contributed by atoms with E-state index in [9.17, 15) is 9.59 Å². The molecular weight excluding hydrogens is 344 g/mol. The van der Waals surface area contributed by atoms with Crippen LogP contribution in [0.25, 0.3) is 11.0 Å². The monoisotopic (exact) mass is 358 g/mol. The maximum Gasteiger partial charge on any atom is 0.409 e. The third kappa shape index (κ3) is 3.89. The second-order valence-corrected chi connectivity index (χ2v) is 5.93. The van der Waals surface area contributed by atoms with E-state index in [2.05, 4.69) is 20.6 Å². The number of aromatic amines is 1. The van der Waals surface area contributed by atoms with Gasteiger partial charge in [-0.25, -0.2) is 9.78 Å². The fourth-order valence-corrected chi connectivity index (χ4v) is 2.66. The van der Waals surface area contributed by atoms with Crippen molar-refractivity contribution in [2.75, 3.05) is 10.6 Å². The van der Waals surface area contributed by atoms with E-state index in [4.69, 9.17) is 16.7 Å². The van der Waals surface area contributed by atoms with Crippen molar-refractivity contribution in [3.63, 3.8) is 0 Å². The van der Waals surface area contributed by atoms with Gasteiger partial charge in [0.15, 0.2) is 0 Å². The lowest BCUT2D eigenvalue weighted by Crippen LogP contribution is -2.21. The van der Waals surface area contributed by atoms with Crippen LogP contribution in [-0.2, 0) is 0 Å². The summed E-state index contributed by atoms with van der Waals surface area (Å²) in [6, 6.07) is 11.4. The van der Waals surface area contributed by atoms with Gasteiger partial charge in [-0.15, -0.1) is 0 Å². The minimum atomic E-state index is -1.14. The molecule has 1 atom stereocenters. The first-order valence-corrected chi connectivity index (χ1v) is 7.86. The second kappa shape index (κ2) is 6.82. The normalized spacial score (nSPS) is 11.9. The summed E-state index contributed by atoms with van der Waals surface area (Å²) in [6.45, 7) is 1.80. The molecule has 0 aliphatic carbocycles. The van der Waals surface area contributed by atoms with Gasteiger partial charge in [-0.1, -0.05) is 17.7 Å². The molecule has 4 N–H and O–H groups in total. The summed E-state index contributed by atoms with van der Waals surface area (Å²) in [4.78, 5) is 30.2. The van der Waals surface area contributed by atoms with Gasteiger partial charge in [0.1, 0.15) is 5.69 Å². The molecule has 1 heterocycles. The van der Waals surface area contributed by atoms with Crippen LogP contribution < -0.4 is 16.2 Å². The highest BCUT2D eigenvalue weighted by Crippen LogP contribution is 2.21. The molecule has 7 nitrogen and oxygen atoms in total. The molecule has 0 fully saturated rings.